The molecule has 1 heterocycles. The van der Waals surface area contributed by atoms with Gasteiger partial charge in [-0.15, -0.1) is 0 Å². The van der Waals surface area contributed by atoms with E-state index in [-0.39, 0.29) is 22.4 Å². The van der Waals surface area contributed by atoms with Gasteiger partial charge < -0.3 is 4.42 Å². The molecule has 0 bridgehead atoms. The average Bonchev–Trinajstić information content (AvgIpc) is 2.71. The molecule has 0 spiro atoms. The Morgan fingerprint density at radius 1 is 1.00 bits per heavy atom. The molecule has 4 nitrogen and oxygen atoms in total. The zero-order valence-electron chi connectivity index (χ0n) is 15.3. The van der Waals surface area contributed by atoms with Crippen molar-refractivity contribution in [3.63, 3.8) is 0 Å². The molecule has 0 aliphatic rings. The van der Waals surface area contributed by atoms with Crippen molar-refractivity contribution >= 4 is 34.4 Å². The van der Waals surface area contributed by atoms with Gasteiger partial charge in [0.1, 0.15) is 11.4 Å². The van der Waals surface area contributed by atoms with Crippen molar-refractivity contribution in [2.24, 2.45) is 0 Å². The minimum Gasteiger partial charge on any atom is -0.439 e. The van der Waals surface area contributed by atoms with Crippen LogP contribution in [0.3, 0.4) is 0 Å². The van der Waals surface area contributed by atoms with Crippen molar-refractivity contribution in [1.29, 1.82) is 0 Å². The molecule has 0 atom stereocenters. The van der Waals surface area contributed by atoms with Crippen LogP contribution in [0.25, 0.3) is 22.1 Å². The number of fused-ring (bicyclic) bond motifs is 1. The number of amides is 1. The third kappa shape index (κ3) is 3.65. The molecule has 4 rings (SSSR count). The molecule has 0 saturated heterocycles. The number of aryl methyl sites for hydroxylation is 1. The molecular formula is C23H15ClFNO3. The average molecular weight is 408 g/mol. The smallest absolute Gasteiger partial charge is 0.257 e. The highest BCUT2D eigenvalue weighted by Crippen LogP contribution is 2.31. The number of carbonyl (C=O) groups excluding carboxylic acids is 1. The summed E-state index contributed by atoms with van der Waals surface area (Å²) < 4.78 is 19.1. The minimum absolute atomic E-state index is 0.0217. The molecule has 3 aromatic carbocycles. The first-order chi connectivity index (χ1) is 13.9. The Kier molecular flexibility index (Phi) is 4.91. The fourth-order valence-electron chi connectivity index (χ4n) is 3.10. The van der Waals surface area contributed by atoms with E-state index in [4.69, 9.17) is 16.0 Å². The second-order valence-corrected chi connectivity index (χ2v) is 6.99. The van der Waals surface area contributed by atoms with Crippen molar-refractivity contribution in [3.8, 4) is 11.1 Å². The van der Waals surface area contributed by atoms with Gasteiger partial charge in [0.25, 0.3) is 5.91 Å². The van der Waals surface area contributed by atoms with Gasteiger partial charge in [0.05, 0.1) is 10.9 Å². The molecule has 1 N–H and O–H groups in total. The van der Waals surface area contributed by atoms with Gasteiger partial charge in [0.15, 0.2) is 0 Å². The lowest BCUT2D eigenvalue weighted by atomic mass is 10.0. The van der Waals surface area contributed by atoms with Gasteiger partial charge in [0, 0.05) is 10.6 Å². The lowest BCUT2D eigenvalue weighted by Gasteiger charge is -2.12. The molecular weight excluding hydrogens is 393 g/mol. The summed E-state index contributed by atoms with van der Waals surface area (Å²) >= 11 is 5.97. The van der Waals surface area contributed by atoms with Crippen molar-refractivity contribution in [2.45, 2.75) is 6.92 Å². The normalized spacial score (nSPS) is 10.9. The summed E-state index contributed by atoms with van der Waals surface area (Å²) in [4.78, 5) is 25.9. The van der Waals surface area contributed by atoms with Crippen molar-refractivity contribution in [2.75, 3.05) is 5.32 Å². The molecule has 0 radical (unpaired) electrons. The Balaban J connectivity index is 1.90. The Hall–Kier alpha value is -3.44. The summed E-state index contributed by atoms with van der Waals surface area (Å²) in [6, 6.07) is 17.0. The monoisotopic (exact) mass is 407 g/mol. The molecule has 0 unspecified atom stereocenters. The van der Waals surface area contributed by atoms with Crippen LogP contribution in [0.4, 0.5) is 10.3 Å². The van der Waals surface area contributed by atoms with Gasteiger partial charge in [-0.2, -0.15) is 0 Å². The van der Waals surface area contributed by atoms with E-state index in [1.165, 1.54) is 24.3 Å². The van der Waals surface area contributed by atoms with Crippen molar-refractivity contribution in [3.05, 3.63) is 98.9 Å². The van der Waals surface area contributed by atoms with Crippen LogP contribution in [-0.2, 0) is 0 Å². The number of para-hydroxylation sites is 1. The zero-order chi connectivity index (χ0) is 20.5. The summed E-state index contributed by atoms with van der Waals surface area (Å²) in [5.41, 5.74) is 1.90. The fourth-order valence-corrected chi connectivity index (χ4v) is 3.23. The third-order valence-electron chi connectivity index (χ3n) is 4.58. The maximum atomic E-state index is 13.3. The topological polar surface area (TPSA) is 59.3 Å². The van der Waals surface area contributed by atoms with E-state index in [0.29, 0.717) is 21.6 Å². The fraction of sp³-hybridized carbons (Fsp3) is 0.0435. The molecule has 144 valence electrons. The Morgan fingerprint density at radius 3 is 2.38 bits per heavy atom. The first-order valence-electron chi connectivity index (χ1n) is 8.83. The van der Waals surface area contributed by atoms with Gasteiger partial charge in [0.2, 0.25) is 11.3 Å². The summed E-state index contributed by atoms with van der Waals surface area (Å²) in [6.45, 7) is 1.82. The van der Waals surface area contributed by atoms with Crippen molar-refractivity contribution < 1.29 is 13.6 Å². The number of hydrogen-bond acceptors (Lipinski definition) is 3. The van der Waals surface area contributed by atoms with Gasteiger partial charge >= 0.3 is 0 Å². The predicted octanol–water partition coefficient (Wildman–Crippen LogP) is 5.81. The lowest BCUT2D eigenvalue weighted by Crippen LogP contribution is -2.16. The van der Waals surface area contributed by atoms with Crippen LogP contribution in [0.5, 0.6) is 0 Å². The summed E-state index contributed by atoms with van der Waals surface area (Å²) in [5, 5.41) is 3.59. The molecule has 1 aromatic heterocycles. The summed E-state index contributed by atoms with van der Waals surface area (Å²) in [6.07, 6.45) is 0. The predicted molar refractivity (Wildman–Crippen MR) is 112 cm³/mol. The van der Waals surface area contributed by atoms with Gasteiger partial charge in [-0.1, -0.05) is 35.9 Å². The number of benzene rings is 3. The van der Waals surface area contributed by atoms with Crippen LogP contribution in [0.1, 0.15) is 15.9 Å². The Bertz CT molecular complexity index is 1280. The number of carbonyl (C=O) groups is 1. The van der Waals surface area contributed by atoms with E-state index < -0.39 is 11.7 Å². The quantitative estimate of drug-likeness (QED) is 0.466. The van der Waals surface area contributed by atoms with Crippen LogP contribution in [0.2, 0.25) is 5.02 Å². The molecule has 4 aromatic rings. The van der Waals surface area contributed by atoms with E-state index in [1.54, 1.807) is 36.4 Å². The van der Waals surface area contributed by atoms with E-state index >= 15 is 0 Å². The minimum atomic E-state index is -0.517. The van der Waals surface area contributed by atoms with Crippen LogP contribution in [-0.4, -0.2) is 5.91 Å². The largest absolute Gasteiger partial charge is 0.439 e. The number of hydrogen-bond donors (Lipinski definition) is 1. The van der Waals surface area contributed by atoms with Crippen LogP contribution < -0.4 is 10.7 Å². The first-order valence-corrected chi connectivity index (χ1v) is 9.21. The van der Waals surface area contributed by atoms with Crippen LogP contribution in [0.15, 0.2) is 75.9 Å². The summed E-state index contributed by atoms with van der Waals surface area (Å²) in [5.74, 6) is -0.944. The Morgan fingerprint density at radius 2 is 1.69 bits per heavy atom. The van der Waals surface area contributed by atoms with Gasteiger partial charge in [-0.05, 0) is 60.5 Å². The molecule has 0 saturated carbocycles. The standard InChI is InChI=1S/C23H15ClFNO3/c1-13-3-2-4-18-20(27)19(14-5-9-16(24)10-6-14)23(29-21(13)18)26-22(28)15-7-11-17(25)12-8-15/h2-12H,1H3,(H,26,28). The first kappa shape index (κ1) is 18.9. The van der Waals surface area contributed by atoms with E-state index in [0.717, 1.165) is 5.56 Å². The number of halogens is 2. The third-order valence-corrected chi connectivity index (χ3v) is 4.83. The number of rotatable bonds is 3. The highest BCUT2D eigenvalue weighted by Gasteiger charge is 2.19. The number of nitrogens with one attached hydrogen (secondary N) is 1. The molecule has 6 heteroatoms. The van der Waals surface area contributed by atoms with Crippen molar-refractivity contribution in [1.82, 2.24) is 0 Å². The lowest BCUT2D eigenvalue weighted by molar-refractivity contribution is 0.102. The van der Waals surface area contributed by atoms with Gasteiger partial charge in [-0.25, -0.2) is 4.39 Å². The molecule has 0 aliphatic carbocycles. The second kappa shape index (κ2) is 7.53. The van der Waals surface area contributed by atoms with E-state index in [9.17, 15) is 14.0 Å². The second-order valence-electron chi connectivity index (χ2n) is 6.55. The zero-order valence-corrected chi connectivity index (χ0v) is 16.1. The molecule has 1 amide bonds. The summed E-state index contributed by atoms with van der Waals surface area (Å²) in [7, 11) is 0. The SMILES string of the molecule is Cc1cccc2c(=O)c(-c3ccc(Cl)cc3)c(NC(=O)c3ccc(F)cc3)oc12. The number of anilines is 1. The Labute approximate surface area is 170 Å². The maximum Gasteiger partial charge on any atom is 0.257 e. The molecule has 29 heavy (non-hydrogen) atoms. The van der Waals surface area contributed by atoms with E-state index in [2.05, 4.69) is 5.32 Å². The van der Waals surface area contributed by atoms with Crippen LogP contribution in [0, 0.1) is 12.7 Å². The maximum absolute atomic E-state index is 13.3. The van der Waals surface area contributed by atoms with Gasteiger partial charge in [-0.3, -0.25) is 14.9 Å². The van der Waals surface area contributed by atoms with Crippen LogP contribution >= 0.6 is 11.6 Å². The molecule has 0 fully saturated rings. The molecule has 0 aliphatic heterocycles. The highest BCUT2D eigenvalue weighted by atomic mass is 35.5. The van der Waals surface area contributed by atoms with E-state index in [1.807, 2.05) is 13.0 Å². The highest BCUT2D eigenvalue weighted by molar-refractivity contribution is 6.30.